The second kappa shape index (κ2) is 7.45. The van der Waals surface area contributed by atoms with Crippen molar-refractivity contribution in [2.45, 2.75) is 19.3 Å². The summed E-state index contributed by atoms with van der Waals surface area (Å²) in [4.78, 5) is 27.4. The molecule has 0 unspecified atom stereocenters. The summed E-state index contributed by atoms with van der Waals surface area (Å²) in [7, 11) is 0. The largest absolute Gasteiger partial charge is 0.378 e. The Balaban J connectivity index is 1.62. The number of amides is 2. The van der Waals surface area contributed by atoms with Crippen LogP contribution < -0.4 is 5.32 Å². The predicted octanol–water partition coefficient (Wildman–Crippen LogP) is -0.553. The number of likely N-dealkylation sites (tertiary alicyclic amines) is 1. The summed E-state index contributed by atoms with van der Waals surface area (Å²) in [6.45, 7) is 4.74. The molecule has 0 saturated carbocycles. The lowest BCUT2D eigenvalue weighted by atomic mass is 10.1. The smallest absolute Gasteiger partial charge is 0.236 e. The Morgan fingerprint density at radius 2 is 1.37 bits per heavy atom. The quantitative estimate of drug-likeness (QED) is 0.744. The van der Waals surface area contributed by atoms with Crippen molar-refractivity contribution in [3.8, 4) is 0 Å². The zero-order chi connectivity index (χ0) is 13.5. The molecule has 0 aromatic rings. The molecule has 19 heavy (non-hydrogen) atoms. The fourth-order valence-electron chi connectivity index (χ4n) is 2.46. The molecule has 2 amide bonds. The van der Waals surface area contributed by atoms with Gasteiger partial charge < -0.3 is 14.5 Å². The number of hydrogen-bond acceptors (Lipinski definition) is 4. The van der Waals surface area contributed by atoms with Crippen LogP contribution in [0.1, 0.15) is 19.3 Å². The van der Waals surface area contributed by atoms with Gasteiger partial charge in [0.25, 0.3) is 0 Å². The van der Waals surface area contributed by atoms with Gasteiger partial charge in [0, 0.05) is 26.2 Å². The summed E-state index contributed by atoms with van der Waals surface area (Å²) in [5, 5.41) is 2.96. The van der Waals surface area contributed by atoms with E-state index in [1.807, 2.05) is 4.90 Å². The summed E-state index contributed by atoms with van der Waals surface area (Å²) in [5.41, 5.74) is 0. The lowest BCUT2D eigenvalue weighted by Crippen LogP contribution is -2.47. The van der Waals surface area contributed by atoms with Crippen LogP contribution in [0.4, 0.5) is 0 Å². The van der Waals surface area contributed by atoms with Gasteiger partial charge >= 0.3 is 0 Å². The minimum absolute atomic E-state index is 0.0507. The molecule has 0 aromatic heterocycles. The zero-order valence-corrected chi connectivity index (χ0v) is 11.4. The Kier molecular flexibility index (Phi) is 5.60. The van der Waals surface area contributed by atoms with Crippen LogP contribution in [0, 0.1) is 0 Å². The highest BCUT2D eigenvalue weighted by atomic mass is 16.5. The molecule has 0 spiro atoms. The average molecular weight is 269 g/mol. The Labute approximate surface area is 114 Å². The molecular formula is C13H23N3O3. The molecule has 0 aromatic carbocycles. The highest BCUT2D eigenvalue weighted by molar-refractivity contribution is 5.81. The molecule has 2 aliphatic heterocycles. The maximum atomic E-state index is 11.9. The summed E-state index contributed by atoms with van der Waals surface area (Å²) in [5.74, 6) is 0.157. The topological polar surface area (TPSA) is 61.9 Å². The van der Waals surface area contributed by atoms with Crippen LogP contribution >= 0.6 is 0 Å². The van der Waals surface area contributed by atoms with Gasteiger partial charge in [-0.2, -0.15) is 0 Å². The molecule has 6 nitrogen and oxygen atoms in total. The number of carbonyl (C=O) groups is 2. The van der Waals surface area contributed by atoms with Crippen LogP contribution in [0.5, 0.6) is 0 Å². The van der Waals surface area contributed by atoms with E-state index in [-0.39, 0.29) is 24.9 Å². The van der Waals surface area contributed by atoms with E-state index in [1.165, 1.54) is 6.42 Å². The SMILES string of the molecule is O=C(CNCC(=O)N1CCOCC1)N1CCCCC1. The number of nitrogens with one attached hydrogen (secondary N) is 1. The van der Waals surface area contributed by atoms with Crippen molar-refractivity contribution in [2.24, 2.45) is 0 Å². The van der Waals surface area contributed by atoms with Gasteiger partial charge in [-0.3, -0.25) is 14.9 Å². The van der Waals surface area contributed by atoms with Crippen molar-refractivity contribution in [3.05, 3.63) is 0 Å². The molecule has 2 aliphatic rings. The van der Waals surface area contributed by atoms with Crippen molar-refractivity contribution in [3.63, 3.8) is 0 Å². The van der Waals surface area contributed by atoms with Gasteiger partial charge in [-0.25, -0.2) is 0 Å². The van der Waals surface area contributed by atoms with Gasteiger partial charge in [-0.1, -0.05) is 0 Å². The van der Waals surface area contributed by atoms with E-state index in [0.717, 1.165) is 25.9 Å². The second-order valence-corrected chi connectivity index (χ2v) is 5.04. The maximum absolute atomic E-state index is 11.9. The number of ether oxygens (including phenoxy) is 1. The van der Waals surface area contributed by atoms with E-state index in [9.17, 15) is 9.59 Å². The number of piperidine rings is 1. The molecule has 0 bridgehead atoms. The first-order valence-corrected chi connectivity index (χ1v) is 7.11. The average Bonchev–Trinajstić information content (AvgIpc) is 2.49. The van der Waals surface area contributed by atoms with Gasteiger partial charge in [0.2, 0.25) is 11.8 Å². The normalized spacial score (nSPS) is 20.4. The molecule has 0 aliphatic carbocycles. The molecule has 1 N–H and O–H groups in total. The number of carbonyl (C=O) groups excluding carboxylic acids is 2. The molecule has 108 valence electrons. The van der Waals surface area contributed by atoms with Crippen molar-refractivity contribution < 1.29 is 14.3 Å². The number of rotatable bonds is 4. The number of morpholine rings is 1. The molecule has 2 fully saturated rings. The fraction of sp³-hybridized carbons (Fsp3) is 0.846. The van der Waals surface area contributed by atoms with E-state index in [0.29, 0.717) is 26.3 Å². The van der Waals surface area contributed by atoms with E-state index in [2.05, 4.69) is 5.32 Å². The Morgan fingerprint density at radius 3 is 1.95 bits per heavy atom. The Morgan fingerprint density at radius 1 is 0.842 bits per heavy atom. The molecular weight excluding hydrogens is 246 g/mol. The third-order valence-corrected chi connectivity index (χ3v) is 3.63. The van der Waals surface area contributed by atoms with Gasteiger partial charge in [0.1, 0.15) is 0 Å². The minimum Gasteiger partial charge on any atom is -0.378 e. The highest BCUT2D eigenvalue weighted by Crippen LogP contribution is 2.08. The molecule has 0 radical (unpaired) electrons. The van der Waals surface area contributed by atoms with Crippen molar-refractivity contribution in [2.75, 3.05) is 52.5 Å². The molecule has 2 rings (SSSR count). The van der Waals surface area contributed by atoms with Crippen LogP contribution in [-0.2, 0) is 14.3 Å². The van der Waals surface area contributed by atoms with Gasteiger partial charge in [0.15, 0.2) is 0 Å². The van der Waals surface area contributed by atoms with E-state index in [4.69, 9.17) is 4.74 Å². The van der Waals surface area contributed by atoms with Gasteiger partial charge in [-0.15, -0.1) is 0 Å². The van der Waals surface area contributed by atoms with E-state index in [1.54, 1.807) is 4.90 Å². The third-order valence-electron chi connectivity index (χ3n) is 3.63. The van der Waals surface area contributed by atoms with E-state index < -0.39 is 0 Å². The van der Waals surface area contributed by atoms with Crippen molar-refractivity contribution in [1.29, 1.82) is 0 Å². The summed E-state index contributed by atoms with van der Waals surface area (Å²) < 4.78 is 5.20. The molecule has 2 heterocycles. The third kappa shape index (κ3) is 4.47. The highest BCUT2D eigenvalue weighted by Gasteiger charge is 2.18. The van der Waals surface area contributed by atoms with E-state index >= 15 is 0 Å². The zero-order valence-electron chi connectivity index (χ0n) is 11.4. The number of hydrogen-bond donors (Lipinski definition) is 1. The Hall–Kier alpha value is -1.14. The molecule has 0 atom stereocenters. The van der Waals surface area contributed by atoms with Crippen LogP contribution in [0.25, 0.3) is 0 Å². The summed E-state index contributed by atoms with van der Waals surface area (Å²) >= 11 is 0. The van der Waals surface area contributed by atoms with Gasteiger partial charge in [0.05, 0.1) is 26.3 Å². The lowest BCUT2D eigenvalue weighted by Gasteiger charge is -2.28. The molecule has 2 saturated heterocycles. The monoisotopic (exact) mass is 269 g/mol. The fourth-order valence-corrected chi connectivity index (χ4v) is 2.46. The summed E-state index contributed by atoms with van der Waals surface area (Å²) in [6, 6.07) is 0. The van der Waals surface area contributed by atoms with Crippen molar-refractivity contribution in [1.82, 2.24) is 15.1 Å². The van der Waals surface area contributed by atoms with Crippen LogP contribution in [-0.4, -0.2) is 74.1 Å². The lowest BCUT2D eigenvalue weighted by molar-refractivity contribution is -0.134. The van der Waals surface area contributed by atoms with Gasteiger partial charge in [-0.05, 0) is 19.3 Å². The maximum Gasteiger partial charge on any atom is 0.236 e. The number of nitrogens with zero attached hydrogens (tertiary/aromatic N) is 2. The summed E-state index contributed by atoms with van der Waals surface area (Å²) in [6.07, 6.45) is 3.41. The van der Waals surface area contributed by atoms with Crippen LogP contribution in [0.3, 0.4) is 0 Å². The first kappa shape index (κ1) is 14.3. The predicted molar refractivity (Wildman–Crippen MR) is 70.7 cm³/mol. The van der Waals surface area contributed by atoms with Crippen LogP contribution in [0.15, 0.2) is 0 Å². The van der Waals surface area contributed by atoms with Crippen molar-refractivity contribution >= 4 is 11.8 Å². The second-order valence-electron chi connectivity index (χ2n) is 5.04. The Bertz CT molecular complexity index is 280. The first-order chi connectivity index (χ1) is 9.27. The molecule has 6 heteroatoms. The minimum atomic E-state index is 0.0507. The first-order valence-electron chi connectivity index (χ1n) is 7.11. The standard InChI is InChI=1S/C13H23N3O3/c17-12(15-4-2-1-3-5-15)10-14-11-13(18)16-6-8-19-9-7-16/h14H,1-11H2. The van der Waals surface area contributed by atoms with Crippen LogP contribution in [0.2, 0.25) is 0 Å².